The second kappa shape index (κ2) is 9.80. The molecule has 1 aliphatic heterocycles. The minimum absolute atomic E-state index is 0.429. The summed E-state index contributed by atoms with van der Waals surface area (Å²) in [7, 11) is 2.13. The Morgan fingerprint density at radius 1 is 1.06 bits per heavy atom. The van der Waals surface area contributed by atoms with Gasteiger partial charge in [-0.15, -0.1) is 0 Å². The molecular weight excluding hydrogens is 408 g/mol. The van der Waals surface area contributed by atoms with Gasteiger partial charge in [0, 0.05) is 49.4 Å². The number of nitrogens with one attached hydrogen (secondary N) is 1. The van der Waals surface area contributed by atoms with Gasteiger partial charge in [-0.25, -0.2) is 4.98 Å². The molecule has 160 valence electrons. The van der Waals surface area contributed by atoms with Gasteiger partial charge in [-0.3, -0.25) is 4.79 Å². The third kappa shape index (κ3) is 5.53. The zero-order valence-corrected chi connectivity index (χ0v) is 18.3. The molecule has 2 aromatic carbocycles. The zero-order chi connectivity index (χ0) is 21.6. The first kappa shape index (κ1) is 21.1. The molecule has 1 aromatic heterocycles. The second-order valence-corrected chi connectivity index (χ2v) is 8.62. The van der Waals surface area contributed by atoms with Gasteiger partial charge < -0.3 is 20.9 Å². The predicted octanol–water partition coefficient (Wildman–Crippen LogP) is 3.09. The summed E-state index contributed by atoms with van der Waals surface area (Å²) in [5, 5.41) is 3.48. The monoisotopic (exact) mass is 434 g/mol. The fraction of sp³-hybridized carbons (Fsp3) is 0.261. The van der Waals surface area contributed by atoms with Gasteiger partial charge in [0.05, 0.1) is 4.90 Å². The van der Waals surface area contributed by atoms with Crippen molar-refractivity contribution in [1.29, 1.82) is 0 Å². The van der Waals surface area contributed by atoms with Crippen LogP contribution in [0.2, 0.25) is 0 Å². The van der Waals surface area contributed by atoms with Crippen molar-refractivity contribution in [3.05, 3.63) is 71.9 Å². The average molecular weight is 435 g/mol. The van der Waals surface area contributed by atoms with Crippen LogP contribution in [0.1, 0.15) is 15.9 Å². The smallest absolute Gasteiger partial charge is 0.248 e. The van der Waals surface area contributed by atoms with E-state index in [1.165, 1.54) is 5.56 Å². The molecule has 0 radical (unpaired) electrons. The molecule has 31 heavy (non-hydrogen) atoms. The van der Waals surface area contributed by atoms with Crippen LogP contribution in [-0.4, -0.2) is 54.0 Å². The molecule has 0 spiro atoms. The molecule has 0 atom stereocenters. The van der Waals surface area contributed by atoms with Crippen molar-refractivity contribution in [3.8, 4) is 0 Å². The van der Waals surface area contributed by atoms with Crippen molar-refractivity contribution >= 4 is 29.4 Å². The van der Waals surface area contributed by atoms with Crippen LogP contribution < -0.4 is 16.0 Å². The summed E-state index contributed by atoms with van der Waals surface area (Å²) in [6.45, 7) is 4.50. The number of nitrogens with two attached hydrogens (primary N) is 1. The number of amides is 1. The normalized spacial score (nSPS) is 14.4. The molecule has 1 aliphatic rings. The third-order valence-corrected chi connectivity index (χ3v) is 6.22. The van der Waals surface area contributed by atoms with Gasteiger partial charge in [-0.05, 0) is 36.9 Å². The van der Waals surface area contributed by atoms with Gasteiger partial charge in [-0.2, -0.15) is 4.98 Å². The van der Waals surface area contributed by atoms with Gasteiger partial charge in [0.15, 0.2) is 0 Å². The molecule has 3 N–H and O–H groups in total. The van der Waals surface area contributed by atoms with Crippen LogP contribution in [0.3, 0.4) is 0 Å². The number of piperazine rings is 1. The minimum atomic E-state index is -0.429. The molecule has 1 fully saturated rings. The van der Waals surface area contributed by atoms with E-state index in [4.69, 9.17) is 10.7 Å². The van der Waals surface area contributed by atoms with Crippen LogP contribution in [0.15, 0.2) is 70.6 Å². The maximum Gasteiger partial charge on any atom is 0.248 e. The van der Waals surface area contributed by atoms with E-state index in [-0.39, 0.29) is 0 Å². The summed E-state index contributed by atoms with van der Waals surface area (Å²) in [6.07, 6.45) is 1.88. The predicted molar refractivity (Wildman–Crippen MR) is 125 cm³/mol. The topological polar surface area (TPSA) is 87.4 Å². The van der Waals surface area contributed by atoms with Crippen LogP contribution in [0.4, 0.5) is 11.8 Å². The van der Waals surface area contributed by atoms with Crippen molar-refractivity contribution in [3.63, 3.8) is 0 Å². The summed E-state index contributed by atoms with van der Waals surface area (Å²) in [5.41, 5.74) is 7.03. The molecule has 2 heterocycles. The lowest BCUT2D eigenvalue weighted by atomic mass is 10.2. The van der Waals surface area contributed by atoms with E-state index in [1.54, 1.807) is 23.9 Å². The van der Waals surface area contributed by atoms with Crippen LogP contribution in [0.5, 0.6) is 0 Å². The van der Waals surface area contributed by atoms with Crippen molar-refractivity contribution in [2.75, 3.05) is 43.4 Å². The second-order valence-electron chi connectivity index (χ2n) is 7.50. The highest BCUT2D eigenvalue weighted by Gasteiger charge is 2.18. The summed E-state index contributed by atoms with van der Waals surface area (Å²) in [4.78, 5) is 27.3. The Hall–Kier alpha value is -3.10. The quantitative estimate of drug-likeness (QED) is 0.591. The van der Waals surface area contributed by atoms with Crippen molar-refractivity contribution in [2.24, 2.45) is 5.73 Å². The molecule has 3 aromatic rings. The highest BCUT2D eigenvalue weighted by Crippen LogP contribution is 2.33. The van der Waals surface area contributed by atoms with E-state index < -0.39 is 5.91 Å². The molecular formula is C23H26N6OS. The average Bonchev–Trinajstić information content (AvgIpc) is 2.80. The van der Waals surface area contributed by atoms with E-state index >= 15 is 0 Å². The van der Waals surface area contributed by atoms with E-state index in [2.05, 4.69) is 39.3 Å². The Labute approximate surface area is 186 Å². The Morgan fingerprint density at radius 3 is 2.45 bits per heavy atom. The summed E-state index contributed by atoms with van der Waals surface area (Å²) in [6, 6.07) is 17.5. The number of primary amides is 1. The highest BCUT2D eigenvalue weighted by molar-refractivity contribution is 7.99. The number of anilines is 2. The number of carbonyl (C=O) groups is 1. The number of likely N-dealkylation sites (N-methyl/N-ethyl adjacent to an activating group) is 1. The lowest BCUT2D eigenvalue weighted by molar-refractivity contribution is 0.1000. The van der Waals surface area contributed by atoms with Gasteiger partial charge in [0.2, 0.25) is 11.9 Å². The number of aromatic nitrogens is 2. The molecule has 4 rings (SSSR count). The maximum absolute atomic E-state index is 11.3. The number of rotatable bonds is 7. The first-order chi connectivity index (χ1) is 15.1. The maximum atomic E-state index is 11.3. The van der Waals surface area contributed by atoms with Crippen LogP contribution in [0, 0.1) is 0 Å². The Bertz CT molecular complexity index is 1020. The Morgan fingerprint density at radius 2 is 1.77 bits per heavy atom. The molecule has 0 aliphatic carbocycles. The molecule has 1 amide bonds. The Balaban J connectivity index is 1.57. The fourth-order valence-corrected chi connectivity index (χ4v) is 4.16. The fourth-order valence-electron chi connectivity index (χ4n) is 3.32. The largest absolute Gasteiger partial charge is 0.366 e. The molecule has 0 bridgehead atoms. The zero-order valence-electron chi connectivity index (χ0n) is 17.5. The molecule has 0 saturated carbocycles. The van der Waals surface area contributed by atoms with Gasteiger partial charge in [-0.1, -0.05) is 42.1 Å². The SMILES string of the molecule is CN1CCN(c2ncc(Sc3ccc(C(N)=O)cc3)c(NCc3ccccc3)n2)CC1. The number of hydrogen-bond acceptors (Lipinski definition) is 7. The van der Waals surface area contributed by atoms with Crippen LogP contribution in [0.25, 0.3) is 0 Å². The van der Waals surface area contributed by atoms with Gasteiger partial charge >= 0.3 is 0 Å². The number of hydrogen-bond donors (Lipinski definition) is 2. The van der Waals surface area contributed by atoms with Gasteiger partial charge in [0.1, 0.15) is 5.82 Å². The van der Waals surface area contributed by atoms with E-state index in [0.29, 0.717) is 12.1 Å². The Kier molecular flexibility index (Phi) is 6.69. The molecule has 8 heteroatoms. The van der Waals surface area contributed by atoms with Crippen LogP contribution >= 0.6 is 11.8 Å². The highest BCUT2D eigenvalue weighted by atomic mass is 32.2. The third-order valence-electron chi connectivity index (χ3n) is 5.20. The van der Waals surface area contributed by atoms with Crippen molar-refractivity contribution in [2.45, 2.75) is 16.3 Å². The molecule has 1 saturated heterocycles. The minimum Gasteiger partial charge on any atom is -0.366 e. The standard InChI is InChI=1S/C23H26N6OS/c1-28-11-13-29(14-12-28)23-26-16-20(31-19-9-7-18(8-10-19)21(24)30)22(27-23)25-15-17-5-3-2-4-6-17/h2-10,16H,11-15H2,1H3,(H2,24,30)(H,25,26,27). The van der Waals surface area contributed by atoms with Crippen molar-refractivity contribution in [1.82, 2.24) is 14.9 Å². The summed E-state index contributed by atoms with van der Waals surface area (Å²) < 4.78 is 0. The number of carbonyl (C=O) groups excluding carboxylic acids is 1. The summed E-state index contributed by atoms with van der Waals surface area (Å²) >= 11 is 1.56. The van der Waals surface area contributed by atoms with Crippen molar-refractivity contribution < 1.29 is 4.79 Å². The first-order valence-corrected chi connectivity index (χ1v) is 11.1. The summed E-state index contributed by atoms with van der Waals surface area (Å²) in [5.74, 6) is 1.12. The first-order valence-electron chi connectivity index (χ1n) is 10.2. The van der Waals surface area contributed by atoms with Gasteiger partial charge in [0.25, 0.3) is 0 Å². The van der Waals surface area contributed by atoms with E-state index in [1.807, 2.05) is 36.5 Å². The lowest BCUT2D eigenvalue weighted by Gasteiger charge is -2.32. The van der Waals surface area contributed by atoms with Crippen LogP contribution in [-0.2, 0) is 6.54 Å². The van der Waals surface area contributed by atoms with E-state index in [9.17, 15) is 4.79 Å². The van der Waals surface area contributed by atoms with E-state index in [0.717, 1.165) is 47.7 Å². The lowest BCUT2D eigenvalue weighted by Crippen LogP contribution is -2.45. The number of benzene rings is 2. The number of nitrogens with zero attached hydrogens (tertiary/aromatic N) is 4. The molecule has 0 unspecified atom stereocenters. The molecule has 7 nitrogen and oxygen atoms in total.